The maximum atomic E-state index is 10.7. The van der Waals surface area contributed by atoms with E-state index in [9.17, 15) is 4.79 Å². The van der Waals surface area contributed by atoms with Crippen LogP contribution in [0.4, 0.5) is 5.69 Å². The van der Waals surface area contributed by atoms with Crippen molar-refractivity contribution < 1.29 is 9.53 Å². The average Bonchev–Trinajstić information content (AvgIpc) is 2.47. The zero-order valence-corrected chi connectivity index (χ0v) is 11.1. The Morgan fingerprint density at radius 2 is 2.37 bits per heavy atom. The van der Waals surface area contributed by atoms with Gasteiger partial charge in [0.2, 0.25) is 0 Å². The molecule has 1 heterocycles. The van der Waals surface area contributed by atoms with E-state index in [4.69, 9.17) is 10.00 Å². The third-order valence-electron chi connectivity index (χ3n) is 3.44. The highest BCUT2D eigenvalue weighted by Crippen LogP contribution is 2.22. The molecule has 0 aliphatic carbocycles. The van der Waals surface area contributed by atoms with Gasteiger partial charge in [0, 0.05) is 25.8 Å². The number of likely N-dealkylation sites (N-methyl/N-ethyl adjacent to an activating group) is 1. The van der Waals surface area contributed by atoms with Crippen LogP contribution in [0.3, 0.4) is 0 Å². The first-order valence-corrected chi connectivity index (χ1v) is 6.56. The second-order valence-electron chi connectivity index (χ2n) is 4.88. The minimum Gasteiger partial charge on any atom is -0.376 e. The van der Waals surface area contributed by atoms with Crippen LogP contribution < -0.4 is 4.90 Å². The minimum atomic E-state index is 0.232. The molecule has 1 aliphatic rings. The molecule has 1 aromatic carbocycles. The average molecular weight is 258 g/mol. The summed E-state index contributed by atoms with van der Waals surface area (Å²) in [5.41, 5.74) is 1.91. The van der Waals surface area contributed by atoms with Crippen molar-refractivity contribution >= 4 is 12.0 Å². The van der Waals surface area contributed by atoms with Crippen LogP contribution in [0.1, 0.15) is 35.2 Å². The van der Waals surface area contributed by atoms with Crippen LogP contribution in [-0.4, -0.2) is 32.6 Å². The number of nitriles is 1. The molecule has 0 spiro atoms. The zero-order valence-electron chi connectivity index (χ0n) is 11.1. The fourth-order valence-corrected chi connectivity index (χ4v) is 2.40. The third-order valence-corrected chi connectivity index (χ3v) is 3.44. The first-order valence-electron chi connectivity index (χ1n) is 6.56. The lowest BCUT2D eigenvalue weighted by molar-refractivity contribution is 0.0216. The predicted octanol–water partition coefficient (Wildman–Crippen LogP) is 2.38. The molecule has 0 bridgehead atoms. The number of ether oxygens (including phenoxy) is 1. The molecule has 100 valence electrons. The van der Waals surface area contributed by atoms with E-state index in [1.807, 2.05) is 18.0 Å². The quantitative estimate of drug-likeness (QED) is 0.778. The molecule has 1 saturated heterocycles. The van der Waals surface area contributed by atoms with Crippen molar-refractivity contribution in [3.8, 4) is 6.07 Å². The summed E-state index contributed by atoms with van der Waals surface area (Å²) < 4.78 is 5.71. The summed E-state index contributed by atoms with van der Waals surface area (Å²) >= 11 is 0. The van der Waals surface area contributed by atoms with E-state index in [1.165, 1.54) is 6.42 Å². The molecule has 0 saturated carbocycles. The van der Waals surface area contributed by atoms with Crippen molar-refractivity contribution in [3.05, 3.63) is 29.3 Å². The Hall–Kier alpha value is -1.86. The highest BCUT2D eigenvalue weighted by Gasteiger charge is 2.17. The van der Waals surface area contributed by atoms with Gasteiger partial charge in [-0.15, -0.1) is 0 Å². The smallest absolute Gasteiger partial charge is 0.150 e. The van der Waals surface area contributed by atoms with Crippen LogP contribution in [-0.2, 0) is 4.74 Å². The lowest BCUT2D eigenvalue weighted by Gasteiger charge is -2.29. The first kappa shape index (κ1) is 13.6. The molecular formula is C15H18N2O2. The molecule has 0 N–H and O–H groups in total. The van der Waals surface area contributed by atoms with Gasteiger partial charge in [0.25, 0.3) is 0 Å². The van der Waals surface area contributed by atoms with Gasteiger partial charge in [-0.25, -0.2) is 0 Å². The number of anilines is 1. The van der Waals surface area contributed by atoms with Crippen molar-refractivity contribution in [2.24, 2.45) is 0 Å². The summed E-state index contributed by atoms with van der Waals surface area (Å²) in [6, 6.07) is 7.33. The van der Waals surface area contributed by atoms with Gasteiger partial charge in [-0.2, -0.15) is 5.26 Å². The van der Waals surface area contributed by atoms with Gasteiger partial charge in [0.1, 0.15) is 12.4 Å². The Kier molecular flexibility index (Phi) is 4.53. The molecule has 1 fully saturated rings. The lowest BCUT2D eigenvalue weighted by atomic mass is 10.1. The molecule has 0 radical (unpaired) electrons. The lowest BCUT2D eigenvalue weighted by Crippen LogP contribution is -2.33. The van der Waals surface area contributed by atoms with Crippen LogP contribution in [0.15, 0.2) is 18.2 Å². The monoisotopic (exact) mass is 258 g/mol. The largest absolute Gasteiger partial charge is 0.376 e. The van der Waals surface area contributed by atoms with Crippen LogP contribution in [0.25, 0.3) is 0 Å². The van der Waals surface area contributed by atoms with Gasteiger partial charge in [0.05, 0.1) is 17.4 Å². The molecule has 4 nitrogen and oxygen atoms in total. The Labute approximate surface area is 113 Å². The zero-order chi connectivity index (χ0) is 13.7. The molecule has 1 aromatic rings. The topological polar surface area (TPSA) is 53.3 Å². The molecule has 0 amide bonds. The van der Waals surface area contributed by atoms with E-state index < -0.39 is 0 Å². The summed E-state index contributed by atoms with van der Waals surface area (Å²) in [7, 11) is 1.95. The number of rotatable bonds is 4. The van der Waals surface area contributed by atoms with E-state index in [2.05, 4.69) is 6.07 Å². The van der Waals surface area contributed by atoms with Gasteiger partial charge >= 0.3 is 0 Å². The number of carbonyl (C=O) groups is 1. The van der Waals surface area contributed by atoms with Gasteiger partial charge in [0.15, 0.2) is 0 Å². The Bertz CT molecular complexity index is 487. The summed E-state index contributed by atoms with van der Waals surface area (Å²) in [4.78, 5) is 12.8. The van der Waals surface area contributed by atoms with Crippen molar-refractivity contribution in [2.75, 3.05) is 25.1 Å². The number of aldehydes is 1. The van der Waals surface area contributed by atoms with E-state index >= 15 is 0 Å². The maximum absolute atomic E-state index is 10.7. The van der Waals surface area contributed by atoms with E-state index in [0.29, 0.717) is 11.1 Å². The molecule has 1 aliphatic heterocycles. The second-order valence-corrected chi connectivity index (χ2v) is 4.88. The summed E-state index contributed by atoms with van der Waals surface area (Å²) in [5, 5.41) is 9.17. The molecular weight excluding hydrogens is 240 g/mol. The number of nitrogens with zero attached hydrogens (tertiary/aromatic N) is 2. The van der Waals surface area contributed by atoms with Crippen molar-refractivity contribution in [3.63, 3.8) is 0 Å². The van der Waals surface area contributed by atoms with Gasteiger partial charge in [-0.1, -0.05) is 0 Å². The number of hydrogen-bond acceptors (Lipinski definition) is 4. The van der Waals surface area contributed by atoms with Crippen LogP contribution in [0, 0.1) is 11.3 Å². The fourth-order valence-electron chi connectivity index (χ4n) is 2.40. The summed E-state index contributed by atoms with van der Waals surface area (Å²) in [5.74, 6) is 0. The normalized spacial score (nSPS) is 18.6. The highest BCUT2D eigenvalue weighted by molar-refractivity contribution is 5.78. The highest BCUT2D eigenvalue weighted by atomic mass is 16.5. The number of benzene rings is 1. The van der Waals surface area contributed by atoms with Gasteiger partial charge in [-0.3, -0.25) is 4.79 Å². The molecule has 1 atom stereocenters. The standard InChI is InChI=1S/C15H18N2O2/c1-17(10-14-4-2-3-7-19-14)15-6-5-12(11-18)8-13(15)9-16/h5-6,8,11,14H,2-4,7,10H2,1H3. The maximum Gasteiger partial charge on any atom is 0.150 e. The van der Waals surface area contributed by atoms with Crippen molar-refractivity contribution in [1.82, 2.24) is 0 Å². The fraction of sp³-hybridized carbons (Fsp3) is 0.467. The van der Waals surface area contributed by atoms with Crippen LogP contribution in [0.2, 0.25) is 0 Å². The van der Waals surface area contributed by atoms with Crippen molar-refractivity contribution in [1.29, 1.82) is 5.26 Å². The molecule has 0 aromatic heterocycles. The predicted molar refractivity (Wildman–Crippen MR) is 73.4 cm³/mol. The molecule has 4 heteroatoms. The van der Waals surface area contributed by atoms with E-state index in [0.717, 1.165) is 38.0 Å². The van der Waals surface area contributed by atoms with Gasteiger partial charge < -0.3 is 9.64 Å². The Morgan fingerprint density at radius 3 is 3.00 bits per heavy atom. The summed E-state index contributed by atoms with van der Waals surface area (Å²) in [6.07, 6.45) is 4.40. The summed E-state index contributed by atoms with van der Waals surface area (Å²) in [6.45, 7) is 1.60. The minimum absolute atomic E-state index is 0.232. The van der Waals surface area contributed by atoms with Gasteiger partial charge in [-0.05, 0) is 37.5 Å². The number of carbonyl (C=O) groups excluding carboxylic acids is 1. The first-order chi connectivity index (χ1) is 9.24. The van der Waals surface area contributed by atoms with Crippen molar-refractivity contribution in [2.45, 2.75) is 25.4 Å². The number of hydrogen-bond donors (Lipinski definition) is 0. The Balaban J connectivity index is 2.11. The van der Waals surface area contributed by atoms with Crippen LogP contribution >= 0.6 is 0 Å². The molecule has 2 rings (SSSR count). The van der Waals surface area contributed by atoms with E-state index in [-0.39, 0.29) is 6.10 Å². The van der Waals surface area contributed by atoms with E-state index in [1.54, 1.807) is 12.1 Å². The molecule has 19 heavy (non-hydrogen) atoms. The SMILES string of the molecule is CN(CC1CCCCO1)c1ccc(C=O)cc1C#N. The van der Waals surface area contributed by atoms with Crippen LogP contribution in [0.5, 0.6) is 0 Å². The third kappa shape index (κ3) is 3.33. The Morgan fingerprint density at radius 1 is 1.53 bits per heavy atom. The molecule has 1 unspecified atom stereocenters. The second kappa shape index (κ2) is 6.35.